The average molecular weight is 393 g/mol. The zero-order valence-corrected chi connectivity index (χ0v) is 15.6. The van der Waals surface area contributed by atoms with Gasteiger partial charge >= 0.3 is 6.16 Å². The summed E-state index contributed by atoms with van der Waals surface area (Å²) in [4.78, 5) is 25.4. The molecule has 1 aromatic heterocycles. The van der Waals surface area contributed by atoms with E-state index in [0.717, 1.165) is 12.8 Å². The molecule has 1 atom stereocenters. The summed E-state index contributed by atoms with van der Waals surface area (Å²) in [7, 11) is 0. The molecular formula is C19H21F2N3O4. The zero-order valence-electron chi connectivity index (χ0n) is 15.6. The molecule has 2 fully saturated rings. The van der Waals surface area contributed by atoms with Crippen LogP contribution in [0.5, 0.6) is 5.75 Å². The Kier molecular flexibility index (Phi) is 4.49. The molecule has 9 heteroatoms. The number of anilines is 1. The molecule has 150 valence electrons. The fourth-order valence-electron chi connectivity index (χ4n) is 3.90. The van der Waals surface area contributed by atoms with E-state index in [9.17, 15) is 9.59 Å². The van der Waals surface area contributed by atoms with Gasteiger partial charge < -0.3 is 24.6 Å². The summed E-state index contributed by atoms with van der Waals surface area (Å²) in [5.74, 6) is -2.04. The number of hydrogen-bond acceptors (Lipinski definition) is 5. The van der Waals surface area contributed by atoms with Crippen LogP contribution in [0.1, 0.15) is 31.4 Å². The summed E-state index contributed by atoms with van der Waals surface area (Å²) in [6, 6.07) is -0.00563. The lowest BCUT2D eigenvalue weighted by Gasteiger charge is -2.34. The van der Waals surface area contributed by atoms with E-state index in [2.05, 4.69) is 10.1 Å². The fourth-order valence-corrected chi connectivity index (χ4v) is 3.90. The minimum Gasteiger partial charge on any atom is -0.449 e. The van der Waals surface area contributed by atoms with Crippen molar-refractivity contribution in [3.05, 3.63) is 33.6 Å². The molecule has 1 saturated carbocycles. The zero-order chi connectivity index (χ0) is 20.2. The SMILES string of the molecule is Cc1c(F)c(N2CCNC(C)C2)c(F)c2c1c(=O)c(OC(=O)O)cn2C1CC1. The third-order valence-corrected chi connectivity index (χ3v) is 5.35. The van der Waals surface area contributed by atoms with Crippen LogP contribution in [0, 0.1) is 18.6 Å². The number of ether oxygens (including phenoxy) is 1. The molecule has 1 aliphatic carbocycles. The summed E-state index contributed by atoms with van der Waals surface area (Å²) in [6.45, 7) is 4.82. The van der Waals surface area contributed by atoms with Crippen molar-refractivity contribution in [2.75, 3.05) is 24.5 Å². The van der Waals surface area contributed by atoms with Crippen molar-refractivity contribution >= 4 is 22.7 Å². The van der Waals surface area contributed by atoms with E-state index in [1.807, 2.05) is 6.92 Å². The van der Waals surface area contributed by atoms with Crippen molar-refractivity contribution in [1.29, 1.82) is 0 Å². The molecule has 1 unspecified atom stereocenters. The maximum atomic E-state index is 15.6. The number of pyridine rings is 1. The lowest BCUT2D eigenvalue weighted by molar-refractivity contribution is 0.143. The molecule has 7 nitrogen and oxygen atoms in total. The Labute approximate surface area is 159 Å². The molecule has 0 spiro atoms. The maximum Gasteiger partial charge on any atom is 0.511 e. The van der Waals surface area contributed by atoms with Gasteiger partial charge in [-0.05, 0) is 26.7 Å². The molecule has 2 aliphatic rings. The first-order chi connectivity index (χ1) is 13.3. The number of hydrogen-bond donors (Lipinski definition) is 2. The first-order valence-corrected chi connectivity index (χ1v) is 9.25. The molecule has 2 N–H and O–H groups in total. The second-order valence-electron chi connectivity index (χ2n) is 7.46. The number of aromatic nitrogens is 1. The van der Waals surface area contributed by atoms with Gasteiger partial charge in [0.05, 0.1) is 17.1 Å². The highest BCUT2D eigenvalue weighted by Gasteiger charge is 2.33. The minimum absolute atomic E-state index is 0.00493. The van der Waals surface area contributed by atoms with Gasteiger partial charge in [0.25, 0.3) is 0 Å². The molecule has 28 heavy (non-hydrogen) atoms. The van der Waals surface area contributed by atoms with Gasteiger partial charge in [-0.1, -0.05) is 0 Å². The van der Waals surface area contributed by atoms with Crippen LogP contribution in [0.15, 0.2) is 11.0 Å². The van der Waals surface area contributed by atoms with Crippen molar-refractivity contribution in [2.45, 2.75) is 38.8 Å². The van der Waals surface area contributed by atoms with Gasteiger partial charge in [0.2, 0.25) is 5.43 Å². The molecule has 0 radical (unpaired) electrons. The van der Waals surface area contributed by atoms with Crippen LogP contribution in [0.4, 0.5) is 19.3 Å². The first-order valence-electron chi connectivity index (χ1n) is 9.25. The largest absolute Gasteiger partial charge is 0.511 e. The predicted molar refractivity (Wildman–Crippen MR) is 99.5 cm³/mol. The highest BCUT2D eigenvalue weighted by molar-refractivity contribution is 5.89. The monoisotopic (exact) mass is 393 g/mol. The lowest BCUT2D eigenvalue weighted by Crippen LogP contribution is -2.50. The van der Waals surface area contributed by atoms with Crippen molar-refractivity contribution < 1.29 is 23.4 Å². The summed E-state index contributed by atoms with van der Waals surface area (Å²) < 4.78 is 37.0. The Morgan fingerprint density at radius 3 is 2.64 bits per heavy atom. The molecule has 4 rings (SSSR count). The molecule has 1 aliphatic heterocycles. The highest BCUT2D eigenvalue weighted by atomic mass is 19.1. The van der Waals surface area contributed by atoms with Crippen molar-refractivity contribution in [3.63, 3.8) is 0 Å². The van der Waals surface area contributed by atoms with Gasteiger partial charge in [-0.25, -0.2) is 13.6 Å². The van der Waals surface area contributed by atoms with Crippen LogP contribution in [0.2, 0.25) is 0 Å². The molecular weight excluding hydrogens is 372 g/mol. The van der Waals surface area contributed by atoms with E-state index in [-0.39, 0.29) is 34.2 Å². The fraction of sp³-hybridized carbons (Fsp3) is 0.474. The molecule has 0 bridgehead atoms. The number of nitrogens with one attached hydrogen (secondary N) is 1. The number of piperazine rings is 1. The molecule has 2 aromatic rings. The Morgan fingerprint density at radius 2 is 2.04 bits per heavy atom. The van der Waals surface area contributed by atoms with Gasteiger partial charge in [0, 0.05) is 37.3 Å². The van der Waals surface area contributed by atoms with Gasteiger partial charge in [-0.3, -0.25) is 4.79 Å². The third-order valence-electron chi connectivity index (χ3n) is 5.35. The first kappa shape index (κ1) is 18.7. The van der Waals surface area contributed by atoms with Crippen molar-refractivity contribution in [2.24, 2.45) is 0 Å². The molecule has 1 saturated heterocycles. The molecule has 2 heterocycles. The summed E-state index contributed by atoms with van der Waals surface area (Å²) in [5, 5.41) is 12.0. The number of fused-ring (bicyclic) bond motifs is 1. The van der Waals surface area contributed by atoms with E-state index < -0.39 is 29.0 Å². The Morgan fingerprint density at radius 1 is 1.32 bits per heavy atom. The average Bonchev–Trinajstić information content (AvgIpc) is 3.46. The summed E-state index contributed by atoms with van der Waals surface area (Å²) in [5.41, 5.74) is -0.970. The van der Waals surface area contributed by atoms with E-state index in [4.69, 9.17) is 5.11 Å². The number of benzene rings is 1. The summed E-state index contributed by atoms with van der Waals surface area (Å²) in [6.07, 6.45) is 1.10. The highest BCUT2D eigenvalue weighted by Crippen LogP contribution is 2.41. The maximum absolute atomic E-state index is 15.6. The molecule has 0 amide bonds. The summed E-state index contributed by atoms with van der Waals surface area (Å²) >= 11 is 0. The number of halogens is 2. The van der Waals surface area contributed by atoms with Crippen molar-refractivity contribution in [3.8, 4) is 5.75 Å². The van der Waals surface area contributed by atoms with E-state index >= 15 is 8.78 Å². The van der Waals surface area contributed by atoms with Gasteiger partial charge in [-0.2, -0.15) is 0 Å². The number of carboxylic acid groups (broad SMARTS) is 1. The van der Waals surface area contributed by atoms with Crippen LogP contribution in [-0.4, -0.2) is 41.5 Å². The number of rotatable bonds is 3. The normalized spacial score (nSPS) is 19.9. The number of nitrogens with zero attached hydrogens (tertiary/aromatic N) is 2. The smallest absolute Gasteiger partial charge is 0.449 e. The van der Waals surface area contributed by atoms with Crippen LogP contribution in [-0.2, 0) is 0 Å². The second-order valence-corrected chi connectivity index (χ2v) is 7.46. The standard InChI is InChI=1S/C19H21F2N3O4/c1-9-7-23(6-5-22-9)17-14(20)10(2)13-16(15(17)21)24(11-3-4-11)8-12(18(13)25)28-19(26)27/h8-9,11,22H,3-7H2,1-2H3,(H,26,27). The van der Waals surface area contributed by atoms with Gasteiger partial charge in [0.15, 0.2) is 17.4 Å². The van der Waals surface area contributed by atoms with Crippen molar-refractivity contribution in [1.82, 2.24) is 9.88 Å². The van der Waals surface area contributed by atoms with E-state index in [0.29, 0.717) is 19.6 Å². The van der Waals surface area contributed by atoms with Crippen LogP contribution < -0.4 is 20.4 Å². The predicted octanol–water partition coefficient (Wildman–Crippen LogP) is 2.78. The lowest BCUT2D eigenvalue weighted by atomic mass is 10.0. The topological polar surface area (TPSA) is 83.8 Å². The van der Waals surface area contributed by atoms with E-state index in [1.54, 1.807) is 4.90 Å². The van der Waals surface area contributed by atoms with Crippen LogP contribution in [0.3, 0.4) is 0 Å². The minimum atomic E-state index is -1.65. The second kappa shape index (κ2) is 6.73. The molecule has 1 aromatic carbocycles. The Balaban J connectivity index is 2.02. The van der Waals surface area contributed by atoms with Gasteiger partial charge in [0.1, 0.15) is 5.69 Å². The van der Waals surface area contributed by atoms with Crippen LogP contribution in [0.25, 0.3) is 10.9 Å². The van der Waals surface area contributed by atoms with Gasteiger partial charge in [-0.15, -0.1) is 0 Å². The Hall–Kier alpha value is -2.68. The van der Waals surface area contributed by atoms with E-state index in [1.165, 1.54) is 17.7 Å². The third kappa shape index (κ3) is 2.99. The number of aryl methyl sites for hydroxylation is 1. The Bertz CT molecular complexity index is 1030. The van der Waals surface area contributed by atoms with Crippen LogP contribution >= 0.6 is 0 Å². The quantitative estimate of drug-likeness (QED) is 0.781. The number of carbonyl (C=O) groups is 1.